The first kappa shape index (κ1) is 13.2. The van der Waals surface area contributed by atoms with Crippen LogP contribution in [0.4, 0.5) is 0 Å². The van der Waals surface area contributed by atoms with E-state index in [2.05, 4.69) is 15.3 Å². The Bertz CT molecular complexity index is 756. The second-order valence-corrected chi connectivity index (χ2v) is 6.49. The molecule has 0 saturated carbocycles. The number of aromatic carboxylic acids is 1. The quantitative estimate of drug-likeness (QED) is 0.782. The Hall–Kier alpha value is -1.83. The van der Waals surface area contributed by atoms with Crippen molar-refractivity contribution in [3.8, 4) is 10.6 Å². The van der Waals surface area contributed by atoms with Crippen molar-refractivity contribution < 1.29 is 9.90 Å². The summed E-state index contributed by atoms with van der Waals surface area (Å²) < 4.78 is 0. The zero-order chi connectivity index (χ0) is 13.9. The zero-order valence-corrected chi connectivity index (χ0v) is 12.5. The van der Waals surface area contributed by atoms with Crippen LogP contribution in [0, 0.1) is 0 Å². The minimum atomic E-state index is -0.949. The second kappa shape index (κ2) is 5.66. The van der Waals surface area contributed by atoms with Gasteiger partial charge in [-0.3, -0.25) is 0 Å². The molecular formula is C13H8N2O2S3. The van der Waals surface area contributed by atoms with Crippen LogP contribution >= 0.6 is 34.0 Å². The van der Waals surface area contributed by atoms with Gasteiger partial charge in [-0.05, 0) is 23.6 Å². The summed E-state index contributed by atoms with van der Waals surface area (Å²) in [5.41, 5.74) is 1.98. The third-order valence-electron chi connectivity index (χ3n) is 2.42. The Morgan fingerprint density at radius 1 is 1.30 bits per heavy atom. The Morgan fingerprint density at radius 2 is 2.20 bits per heavy atom. The third-order valence-corrected chi connectivity index (χ3v) is 4.96. The molecule has 0 fully saturated rings. The van der Waals surface area contributed by atoms with E-state index in [0.717, 1.165) is 27.6 Å². The number of nitrogens with zero attached hydrogens (tertiary/aromatic N) is 2. The monoisotopic (exact) mass is 320 g/mol. The zero-order valence-electron chi connectivity index (χ0n) is 10.0. The second-order valence-electron chi connectivity index (χ2n) is 3.79. The first-order chi connectivity index (χ1) is 9.72. The summed E-state index contributed by atoms with van der Waals surface area (Å²) in [6.07, 6.45) is 4.99. The van der Waals surface area contributed by atoms with Crippen LogP contribution in [0.5, 0.6) is 0 Å². The van der Waals surface area contributed by atoms with Crippen LogP contribution in [-0.4, -0.2) is 21.0 Å². The van der Waals surface area contributed by atoms with Gasteiger partial charge in [-0.1, -0.05) is 0 Å². The van der Waals surface area contributed by atoms with Gasteiger partial charge in [0.1, 0.15) is 14.9 Å². The number of carboxylic acids is 1. The summed E-state index contributed by atoms with van der Waals surface area (Å²) in [5.74, 6) is -0.949. The summed E-state index contributed by atoms with van der Waals surface area (Å²) in [7, 11) is 0. The highest BCUT2D eigenvalue weighted by atomic mass is 32.1. The average Bonchev–Trinajstić information content (AvgIpc) is 3.17. The molecule has 0 aliphatic heterocycles. The van der Waals surface area contributed by atoms with E-state index in [1.807, 2.05) is 22.9 Å². The van der Waals surface area contributed by atoms with Gasteiger partial charge >= 0.3 is 5.97 Å². The van der Waals surface area contributed by atoms with Gasteiger partial charge in [0.25, 0.3) is 0 Å². The first-order valence-electron chi connectivity index (χ1n) is 5.57. The lowest BCUT2D eigenvalue weighted by atomic mass is 10.3. The van der Waals surface area contributed by atoms with Crippen LogP contribution in [0.2, 0.25) is 0 Å². The fraction of sp³-hybridized carbons (Fsp3) is 0. The van der Waals surface area contributed by atoms with Crippen molar-refractivity contribution in [2.45, 2.75) is 0 Å². The molecule has 7 heteroatoms. The van der Waals surface area contributed by atoms with E-state index in [9.17, 15) is 4.79 Å². The van der Waals surface area contributed by atoms with Crippen molar-refractivity contribution in [2.24, 2.45) is 0 Å². The smallest absolute Gasteiger partial charge is 0.347 e. The summed E-state index contributed by atoms with van der Waals surface area (Å²) in [6, 6.07) is 2.04. The molecule has 0 atom stereocenters. The van der Waals surface area contributed by atoms with E-state index < -0.39 is 5.97 Å². The molecule has 0 aliphatic carbocycles. The average molecular weight is 320 g/mol. The molecule has 4 nitrogen and oxygen atoms in total. The molecule has 0 aliphatic rings. The lowest BCUT2D eigenvalue weighted by molar-refractivity contribution is 0.0702. The Kier molecular flexibility index (Phi) is 3.72. The molecule has 20 heavy (non-hydrogen) atoms. The van der Waals surface area contributed by atoms with Gasteiger partial charge in [0.05, 0.1) is 11.9 Å². The Balaban J connectivity index is 1.77. The predicted octanol–water partition coefficient (Wildman–Crippen LogP) is 4.20. The molecule has 0 spiro atoms. The van der Waals surface area contributed by atoms with Crippen LogP contribution in [0.1, 0.15) is 20.4 Å². The van der Waals surface area contributed by atoms with E-state index >= 15 is 0 Å². The van der Waals surface area contributed by atoms with Gasteiger partial charge in [-0.2, -0.15) is 11.3 Å². The van der Waals surface area contributed by atoms with Crippen LogP contribution < -0.4 is 0 Å². The maximum atomic E-state index is 10.8. The van der Waals surface area contributed by atoms with Gasteiger partial charge < -0.3 is 5.11 Å². The minimum Gasteiger partial charge on any atom is -0.477 e. The molecule has 0 saturated heterocycles. The van der Waals surface area contributed by atoms with Crippen LogP contribution in [0.15, 0.2) is 28.4 Å². The fourth-order valence-corrected chi connectivity index (χ4v) is 3.66. The maximum absolute atomic E-state index is 10.8. The summed E-state index contributed by atoms with van der Waals surface area (Å²) in [6.45, 7) is 0. The van der Waals surface area contributed by atoms with E-state index in [0.29, 0.717) is 5.01 Å². The molecule has 0 bridgehead atoms. The van der Waals surface area contributed by atoms with Gasteiger partial charge in [-0.25, -0.2) is 14.8 Å². The lowest BCUT2D eigenvalue weighted by Crippen LogP contribution is -1.89. The third kappa shape index (κ3) is 2.84. The number of hydrogen-bond donors (Lipinski definition) is 1. The largest absolute Gasteiger partial charge is 0.477 e. The topological polar surface area (TPSA) is 63.1 Å². The number of aromatic nitrogens is 2. The van der Waals surface area contributed by atoms with E-state index in [4.69, 9.17) is 5.11 Å². The molecule has 0 unspecified atom stereocenters. The summed E-state index contributed by atoms with van der Waals surface area (Å²) in [5, 5.41) is 16.5. The number of carbonyl (C=O) groups is 1. The summed E-state index contributed by atoms with van der Waals surface area (Å²) in [4.78, 5) is 19.5. The Morgan fingerprint density at radius 3 is 2.90 bits per heavy atom. The van der Waals surface area contributed by atoms with E-state index in [1.165, 1.54) is 6.20 Å². The SMILES string of the molecule is O=C(O)c1cnc(/C=C/c2csc(-c3ccsc3)n2)s1. The van der Waals surface area contributed by atoms with Crippen molar-refractivity contribution in [3.05, 3.63) is 44.0 Å². The highest BCUT2D eigenvalue weighted by molar-refractivity contribution is 7.14. The molecule has 1 N–H and O–H groups in total. The fourth-order valence-electron chi connectivity index (χ4n) is 1.50. The van der Waals surface area contributed by atoms with Crippen LogP contribution in [0.3, 0.4) is 0 Å². The number of thiazole rings is 2. The van der Waals surface area contributed by atoms with Crippen molar-refractivity contribution in [1.29, 1.82) is 0 Å². The van der Waals surface area contributed by atoms with Crippen molar-refractivity contribution in [2.75, 3.05) is 0 Å². The minimum absolute atomic E-state index is 0.238. The molecule has 100 valence electrons. The van der Waals surface area contributed by atoms with Crippen molar-refractivity contribution in [1.82, 2.24) is 9.97 Å². The molecule has 0 aromatic carbocycles. The molecule has 0 amide bonds. The number of rotatable bonds is 4. The van der Waals surface area contributed by atoms with Crippen molar-refractivity contribution in [3.63, 3.8) is 0 Å². The normalized spacial score (nSPS) is 11.2. The van der Waals surface area contributed by atoms with Crippen LogP contribution in [0.25, 0.3) is 22.7 Å². The molecule has 3 heterocycles. The van der Waals surface area contributed by atoms with Crippen LogP contribution in [-0.2, 0) is 0 Å². The number of carboxylic acid groups (broad SMARTS) is 1. The predicted molar refractivity (Wildman–Crippen MR) is 83.4 cm³/mol. The maximum Gasteiger partial charge on any atom is 0.347 e. The molecule has 0 radical (unpaired) electrons. The standard InChI is InChI=1S/C13H8N2O2S3/c16-13(17)10-5-14-11(20-10)2-1-9-7-19-12(15-9)8-3-4-18-6-8/h1-7H,(H,16,17)/b2-1+. The van der Waals surface area contributed by atoms with Gasteiger partial charge in [-0.15, -0.1) is 22.7 Å². The Labute approximate surface area is 126 Å². The number of hydrogen-bond acceptors (Lipinski definition) is 6. The number of thiophene rings is 1. The highest BCUT2D eigenvalue weighted by Gasteiger charge is 2.07. The molecular weight excluding hydrogens is 312 g/mol. The van der Waals surface area contributed by atoms with E-state index in [-0.39, 0.29) is 4.88 Å². The van der Waals surface area contributed by atoms with Gasteiger partial charge in [0.15, 0.2) is 0 Å². The van der Waals surface area contributed by atoms with Gasteiger partial charge in [0.2, 0.25) is 0 Å². The van der Waals surface area contributed by atoms with E-state index in [1.54, 1.807) is 28.7 Å². The first-order valence-corrected chi connectivity index (χ1v) is 8.21. The summed E-state index contributed by atoms with van der Waals surface area (Å²) >= 11 is 4.37. The van der Waals surface area contributed by atoms with Gasteiger partial charge in [0, 0.05) is 16.3 Å². The molecule has 3 rings (SSSR count). The molecule has 3 aromatic heterocycles. The highest BCUT2D eigenvalue weighted by Crippen LogP contribution is 2.26. The molecule has 3 aromatic rings. The van der Waals surface area contributed by atoms with Crippen molar-refractivity contribution >= 4 is 52.1 Å². The lowest BCUT2D eigenvalue weighted by Gasteiger charge is -1.86.